The zero-order valence-corrected chi connectivity index (χ0v) is 18.9. The molecule has 1 atom stereocenters. The number of amides is 2. The van der Waals surface area contributed by atoms with Gasteiger partial charge in [-0.25, -0.2) is 4.39 Å². The van der Waals surface area contributed by atoms with Gasteiger partial charge in [0, 0.05) is 28.7 Å². The largest absolute Gasteiger partial charge is 0.354 e. The number of carbonyl (C=O) groups is 2. The van der Waals surface area contributed by atoms with Gasteiger partial charge in [-0.3, -0.25) is 9.59 Å². The van der Waals surface area contributed by atoms with E-state index in [1.165, 1.54) is 11.0 Å². The van der Waals surface area contributed by atoms with Crippen molar-refractivity contribution in [2.24, 2.45) is 5.92 Å². The summed E-state index contributed by atoms with van der Waals surface area (Å²) in [6, 6.07) is 10.5. The summed E-state index contributed by atoms with van der Waals surface area (Å²) in [4.78, 5) is 27.5. The molecule has 0 unspecified atom stereocenters. The van der Waals surface area contributed by atoms with Crippen molar-refractivity contribution in [3.8, 4) is 0 Å². The number of nitrogens with zero attached hydrogens (tertiary/aromatic N) is 1. The highest BCUT2D eigenvalue weighted by atomic mass is 35.5. The highest BCUT2D eigenvalue weighted by Crippen LogP contribution is 2.27. The Morgan fingerprint density at radius 1 is 1.07 bits per heavy atom. The lowest BCUT2D eigenvalue weighted by Crippen LogP contribution is -2.50. The summed E-state index contributed by atoms with van der Waals surface area (Å²) in [5.74, 6) is -0.815. The van der Waals surface area contributed by atoms with Crippen LogP contribution in [0.4, 0.5) is 4.39 Å². The summed E-state index contributed by atoms with van der Waals surface area (Å²) in [6.45, 7) is 6.37. The Morgan fingerprint density at radius 3 is 2.27 bits per heavy atom. The third-order valence-corrected chi connectivity index (χ3v) is 5.47. The number of hydrogen-bond donors (Lipinski definition) is 1. The summed E-state index contributed by atoms with van der Waals surface area (Å²) >= 11 is 12.6. The minimum atomic E-state index is -0.727. The summed E-state index contributed by atoms with van der Waals surface area (Å²) < 4.78 is 14.1. The van der Waals surface area contributed by atoms with Crippen molar-refractivity contribution < 1.29 is 14.0 Å². The molecule has 0 spiro atoms. The molecule has 0 aliphatic carbocycles. The zero-order chi connectivity index (χ0) is 22.3. The number of hydrogen-bond acceptors (Lipinski definition) is 2. The molecule has 2 aromatic rings. The first-order valence-electron chi connectivity index (χ1n) is 9.98. The Hall–Kier alpha value is -2.11. The molecule has 0 bridgehead atoms. The third-order valence-electron chi connectivity index (χ3n) is 4.76. The molecular formula is C23H27Cl2FN2O2. The van der Waals surface area contributed by atoms with Crippen LogP contribution in [0.2, 0.25) is 10.0 Å². The molecule has 2 amide bonds. The van der Waals surface area contributed by atoms with Crippen LogP contribution in [0.5, 0.6) is 0 Å². The van der Waals surface area contributed by atoms with Gasteiger partial charge in [-0.2, -0.15) is 0 Å². The number of nitrogens with one attached hydrogen (secondary N) is 1. The summed E-state index contributed by atoms with van der Waals surface area (Å²) in [5.41, 5.74) is 0.827. The maximum atomic E-state index is 14.1. The molecule has 1 N–H and O–H groups in total. The first-order chi connectivity index (χ1) is 14.2. The molecule has 0 heterocycles. The van der Waals surface area contributed by atoms with Crippen molar-refractivity contribution in [1.82, 2.24) is 10.2 Å². The maximum absolute atomic E-state index is 14.1. The molecule has 7 heteroatoms. The van der Waals surface area contributed by atoms with E-state index in [0.29, 0.717) is 28.6 Å². The first kappa shape index (κ1) is 24.2. The van der Waals surface area contributed by atoms with Crippen LogP contribution in [0.3, 0.4) is 0 Å². The molecule has 4 nitrogen and oxygen atoms in total. The van der Waals surface area contributed by atoms with Crippen LogP contribution in [-0.2, 0) is 22.6 Å². The number of rotatable bonds is 9. The standard InChI is InChI=1S/C23H27Cl2FN2O2/c1-4-21(23(30)27-13-15(2)3)28(14-17-18(24)9-7-10-19(17)25)22(29)12-16-8-5-6-11-20(16)26/h5-11,15,21H,4,12-14H2,1-3H3,(H,27,30)/t21-/m1/s1. The Morgan fingerprint density at radius 2 is 1.70 bits per heavy atom. The smallest absolute Gasteiger partial charge is 0.242 e. The van der Waals surface area contributed by atoms with Gasteiger partial charge >= 0.3 is 0 Å². The Labute approximate surface area is 187 Å². The lowest BCUT2D eigenvalue weighted by atomic mass is 10.1. The Bertz CT molecular complexity index is 869. The highest BCUT2D eigenvalue weighted by molar-refractivity contribution is 6.36. The van der Waals surface area contributed by atoms with Crippen molar-refractivity contribution >= 4 is 35.0 Å². The molecular weight excluding hydrogens is 426 g/mol. The van der Waals surface area contributed by atoms with E-state index in [1.54, 1.807) is 36.4 Å². The van der Waals surface area contributed by atoms with E-state index in [-0.39, 0.29) is 36.3 Å². The monoisotopic (exact) mass is 452 g/mol. The fraction of sp³-hybridized carbons (Fsp3) is 0.391. The van der Waals surface area contributed by atoms with E-state index in [9.17, 15) is 14.0 Å². The molecule has 162 valence electrons. The molecule has 0 aromatic heterocycles. The molecule has 0 radical (unpaired) electrons. The summed E-state index contributed by atoms with van der Waals surface area (Å²) in [7, 11) is 0. The van der Waals surface area contributed by atoms with E-state index in [2.05, 4.69) is 5.32 Å². The quantitative estimate of drug-likeness (QED) is 0.564. The van der Waals surface area contributed by atoms with E-state index in [0.717, 1.165) is 0 Å². The fourth-order valence-electron chi connectivity index (χ4n) is 3.10. The molecule has 30 heavy (non-hydrogen) atoms. The topological polar surface area (TPSA) is 49.4 Å². The van der Waals surface area contributed by atoms with Crippen molar-refractivity contribution in [2.75, 3.05) is 6.54 Å². The second-order valence-electron chi connectivity index (χ2n) is 7.55. The van der Waals surface area contributed by atoms with Gasteiger partial charge < -0.3 is 10.2 Å². The lowest BCUT2D eigenvalue weighted by molar-refractivity contribution is -0.141. The lowest BCUT2D eigenvalue weighted by Gasteiger charge is -2.31. The summed E-state index contributed by atoms with van der Waals surface area (Å²) in [5, 5.41) is 3.70. The molecule has 0 aliphatic rings. The van der Waals surface area contributed by atoms with Crippen LogP contribution < -0.4 is 5.32 Å². The normalized spacial score (nSPS) is 12.0. The van der Waals surface area contributed by atoms with Gasteiger partial charge in [0.25, 0.3) is 0 Å². The van der Waals surface area contributed by atoms with E-state index < -0.39 is 11.9 Å². The van der Waals surface area contributed by atoms with E-state index >= 15 is 0 Å². The van der Waals surface area contributed by atoms with Crippen molar-refractivity contribution in [2.45, 2.75) is 46.2 Å². The first-order valence-corrected chi connectivity index (χ1v) is 10.7. The highest BCUT2D eigenvalue weighted by Gasteiger charge is 2.30. The van der Waals surface area contributed by atoms with Crippen LogP contribution in [0, 0.1) is 11.7 Å². The molecule has 0 saturated carbocycles. The molecule has 2 aromatic carbocycles. The van der Waals surface area contributed by atoms with Crippen molar-refractivity contribution in [3.63, 3.8) is 0 Å². The minimum absolute atomic E-state index is 0.0550. The number of halogens is 3. The van der Waals surface area contributed by atoms with Crippen molar-refractivity contribution in [3.05, 3.63) is 69.5 Å². The van der Waals surface area contributed by atoms with E-state index in [1.807, 2.05) is 20.8 Å². The third kappa shape index (κ3) is 6.44. The van der Waals surface area contributed by atoms with Gasteiger partial charge in [-0.05, 0) is 36.1 Å². The molecule has 0 saturated heterocycles. The van der Waals surface area contributed by atoms with Gasteiger partial charge in [0.15, 0.2) is 0 Å². The van der Waals surface area contributed by atoms with Crippen LogP contribution in [-0.4, -0.2) is 29.3 Å². The second-order valence-corrected chi connectivity index (χ2v) is 8.37. The maximum Gasteiger partial charge on any atom is 0.242 e. The summed E-state index contributed by atoms with van der Waals surface area (Å²) in [6.07, 6.45) is 0.234. The average Bonchev–Trinajstić information content (AvgIpc) is 2.70. The van der Waals surface area contributed by atoms with Gasteiger partial charge in [0.05, 0.1) is 6.42 Å². The van der Waals surface area contributed by atoms with Gasteiger partial charge in [-0.15, -0.1) is 0 Å². The van der Waals surface area contributed by atoms with Crippen LogP contribution in [0.15, 0.2) is 42.5 Å². The van der Waals surface area contributed by atoms with Crippen LogP contribution in [0.25, 0.3) is 0 Å². The Balaban J connectivity index is 2.36. The molecule has 0 aliphatic heterocycles. The van der Waals surface area contributed by atoms with Gasteiger partial charge in [0.2, 0.25) is 11.8 Å². The number of benzene rings is 2. The van der Waals surface area contributed by atoms with Gasteiger partial charge in [0.1, 0.15) is 11.9 Å². The van der Waals surface area contributed by atoms with Crippen molar-refractivity contribution in [1.29, 1.82) is 0 Å². The SMILES string of the molecule is CC[C@H](C(=O)NCC(C)C)N(Cc1c(Cl)cccc1Cl)C(=O)Cc1ccccc1F. The second kappa shape index (κ2) is 11.3. The molecule has 0 fully saturated rings. The predicted octanol–water partition coefficient (Wildman–Crippen LogP) is 5.25. The molecule has 2 rings (SSSR count). The average molecular weight is 453 g/mol. The minimum Gasteiger partial charge on any atom is -0.354 e. The van der Waals surface area contributed by atoms with Crippen LogP contribution >= 0.6 is 23.2 Å². The predicted molar refractivity (Wildman–Crippen MR) is 119 cm³/mol. The Kier molecular flexibility index (Phi) is 9.12. The zero-order valence-electron chi connectivity index (χ0n) is 17.4. The van der Waals surface area contributed by atoms with Crippen LogP contribution in [0.1, 0.15) is 38.3 Å². The van der Waals surface area contributed by atoms with E-state index in [4.69, 9.17) is 23.2 Å². The fourth-order valence-corrected chi connectivity index (χ4v) is 3.62. The van der Waals surface area contributed by atoms with Gasteiger partial charge in [-0.1, -0.05) is 68.2 Å². The number of carbonyl (C=O) groups excluding carboxylic acids is 2.